The quantitative estimate of drug-likeness (QED) is 0.473. The maximum Gasteiger partial charge on any atom is 0.186 e. The van der Waals surface area contributed by atoms with Crippen molar-refractivity contribution in [1.82, 2.24) is 4.98 Å². The molecule has 0 atom stereocenters. The normalized spacial score (nSPS) is 10.6. The number of benzene rings is 1. The number of thioether (sulfide) groups is 1. The maximum atomic E-state index is 11.9. The van der Waals surface area contributed by atoms with Crippen molar-refractivity contribution in [3.63, 3.8) is 0 Å². The standard InChI is InChI=1S/C15H13NO2S/c1-18-13-7-5-12(6-8-13)14(17)9-11-19-15-4-2-3-10-16-15/h2-11H,1H3/b11-9+. The highest BCUT2D eigenvalue weighted by molar-refractivity contribution is 8.02. The summed E-state index contributed by atoms with van der Waals surface area (Å²) in [7, 11) is 1.60. The van der Waals surface area contributed by atoms with E-state index in [1.165, 1.54) is 11.8 Å². The van der Waals surface area contributed by atoms with E-state index in [9.17, 15) is 4.79 Å². The summed E-state index contributed by atoms with van der Waals surface area (Å²) in [6.07, 6.45) is 3.27. The summed E-state index contributed by atoms with van der Waals surface area (Å²) in [5.41, 5.74) is 0.638. The highest BCUT2D eigenvalue weighted by Crippen LogP contribution is 2.16. The number of aromatic nitrogens is 1. The van der Waals surface area contributed by atoms with Gasteiger partial charge in [0.2, 0.25) is 0 Å². The molecule has 1 aromatic heterocycles. The van der Waals surface area contributed by atoms with Crippen LogP contribution in [0, 0.1) is 0 Å². The number of allylic oxidation sites excluding steroid dienone is 1. The number of nitrogens with zero attached hydrogens (tertiary/aromatic N) is 1. The van der Waals surface area contributed by atoms with Crippen molar-refractivity contribution in [3.8, 4) is 5.75 Å². The zero-order valence-electron chi connectivity index (χ0n) is 10.4. The molecule has 0 unspecified atom stereocenters. The van der Waals surface area contributed by atoms with E-state index >= 15 is 0 Å². The lowest BCUT2D eigenvalue weighted by Crippen LogP contribution is -1.93. The number of carbonyl (C=O) groups is 1. The summed E-state index contributed by atoms with van der Waals surface area (Å²) >= 11 is 1.41. The van der Waals surface area contributed by atoms with Crippen LogP contribution < -0.4 is 4.74 Å². The molecule has 96 valence electrons. The lowest BCUT2D eigenvalue weighted by atomic mass is 10.1. The average Bonchev–Trinajstić information content (AvgIpc) is 2.48. The number of hydrogen-bond acceptors (Lipinski definition) is 4. The molecule has 2 rings (SSSR count). The fourth-order valence-electron chi connectivity index (χ4n) is 1.43. The predicted octanol–water partition coefficient (Wildman–Crippen LogP) is 3.58. The van der Waals surface area contributed by atoms with Gasteiger partial charge in [-0.1, -0.05) is 17.8 Å². The molecule has 0 saturated heterocycles. The fraction of sp³-hybridized carbons (Fsp3) is 0.0667. The van der Waals surface area contributed by atoms with E-state index in [4.69, 9.17) is 4.74 Å². The first-order chi connectivity index (χ1) is 9.29. The van der Waals surface area contributed by atoms with E-state index in [1.54, 1.807) is 49.1 Å². The highest BCUT2D eigenvalue weighted by atomic mass is 32.2. The molecular weight excluding hydrogens is 258 g/mol. The summed E-state index contributed by atoms with van der Waals surface area (Å²) in [5, 5.41) is 2.61. The van der Waals surface area contributed by atoms with Crippen LogP contribution in [0.2, 0.25) is 0 Å². The molecule has 0 saturated carbocycles. The Hall–Kier alpha value is -2.07. The zero-order valence-corrected chi connectivity index (χ0v) is 11.3. The Morgan fingerprint density at radius 2 is 2.00 bits per heavy atom. The van der Waals surface area contributed by atoms with Crippen molar-refractivity contribution in [2.45, 2.75) is 5.03 Å². The Labute approximate surface area is 116 Å². The third-order valence-electron chi connectivity index (χ3n) is 2.42. The second-order valence-electron chi connectivity index (χ2n) is 3.68. The van der Waals surface area contributed by atoms with Gasteiger partial charge in [0, 0.05) is 11.8 Å². The first-order valence-corrected chi connectivity index (χ1v) is 6.60. The molecule has 0 N–H and O–H groups in total. The minimum atomic E-state index is -0.0360. The predicted molar refractivity (Wildman–Crippen MR) is 76.6 cm³/mol. The summed E-state index contributed by atoms with van der Waals surface area (Å²) in [6, 6.07) is 12.7. The van der Waals surface area contributed by atoms with Crippen molar-refractivity contribution in [3.05, 3.63) is 65.7 Å². The SMILES string of the molecule is COc1ccc(C(=O)/C=C/Sc2ccccn2)cc1. The van der Waals surface area contributed by atoms with E-state index in [0.717, 1.165) is 10.8 Å². The summed E-state index contributed by atoms with van der Waals surface area (Å²) in [6.45, 7) is 0. The van der Waals surface area contributed by atoms with E-state index < -0.39 is 0 Å². The van der Waals surface area contributed by atoms with Crippen LogP contribution in [0.4, 0.5) is 0 Å². The van der Waals surface area contributed by atoms with Gasteiger partial charge in [0.05, 0.1) is 7.11 Å². The van der Waals surface area contributed by atoms with E-state index in [1.807, 2.05) is 18.2 Å². The molecule has 0 fully saturated rings. The maximum absolute atomic E-state index is 11.9. The van der Waals surface area contributed by atoms with Gasteiger partial charge in [-0.05, 0) is 47.9 Å². The first-order valence-electron chi connectivity index (χ1n) is 5.72. The lowest BCUT2D eigenvalue weighted by Gasteiger charge is -2.00. The van der Waals surface area contributed by atoms with Crippen molar-refractivity contribution in [2.24, 2.45) is 0 Å². The number of ether oxygens (including phenoxy) is 1. The van der Waals surface area contributed by atoms with Gasteiger partial charge >= 0.3 is 0 Å². The summed E-state index contributed by atoms with van der Waals surface area (Å²) in [5.74, 6) is 0.703. The topological polar surface area (TPSA) is 39.2 Å². The molecule has 1 aromatic carbocycles. The van der Waals surface area contributed by atoms with E-state index in [0.29, 0.717) is 5.56 Å². The number of carbonyl (C=O) groups excluding carboxylic acids is 1. The molecule has 0 aliphatic carbocycles. The Balaban J connectivity index is 1.96. The average molecular weight is 271 g/mol. The van der Waals surface area contributed by atoms with Crippen LogP contribution in [0.5, 0.6) is 5.75 Å². The molecule has 1 heterocycles. The highest BCUT2D eigenvalue weighted by Gasteiger charge is 2.01. The van der Waals surface area contributed by atoms with E-state index in [2.05, 4.69) is 4.98 Å². The third-order valence-corrected chi connectivity index (χ3v) is 3.18. The molecule has 0 spiro atoms. The number of methoxy groups -OCH3 is 1. The molecule has 0 aliphatic heterocycles. The van der Waals surface area contributed by atoms with Crippen molar-refractivity contribution in [2.75, 3.05) is 7.11 Å². The van der Waals surface area contributed by atoms with Gasteiger partial charge in [0.15, 0.2) is 5.78 Å². The second-order valence-corrected chi connectivity index (χ2v) is 4.61. The smallest absolute Gasteiger partial charge is 0.186 e. The van der Waals surface area contributed by atoms with Crippen molar-refractivity contribution < 1.29 is 9.53 Å². The van der Waals surface area contributed by atoms with Gasteiger partial charge in [0.25, 0.3) is 0 Å². The molecule has 0 aliphatic rings. The zero-order chi connectivity index (χ0) is 13.5. The van der Waals surface area contributed by atoms with E-state index in [-0.39, 0.29) is 5.78 Å². The van der Waals surface area contributed by atoms with Crippen LogP contribution in [0.15, 0.2) is 65.2 Å². The number of ketones is 1. The molecule has 3 nitrogen and oxygen atoms in total. The van der Waals surface area contributed by atoms with Crippen molar-refractivity contribution in [1.29, 1.82) is 0 Å². The summed E-state index contributed by atoms with van der Waals surface area (Å²) in [4.78, 5) is 16.0. The number of rotatable bonds is 5. The molecule has 0 amide bonds. The third kappa shape index (κ3) is 3.96. The largest absolute Gasteiger partial charge is 0.497 e. The Morgan fingerprint density at radius 3 is 2.63 bits per heavy atom. The summed E-state index contributed by atoms with van der Waals surface area (Å²) < 4.78 is 5.05. The first kappa shape index (κ1) is 13.4. The van der Waals surface area contributed by atoms with Gasteiger partial charge < -0.3 is 4.74 Å². The molecular formula is C15H13NO2S. The number of pyridine rings is 1. The fourth-order valence-corrected chi connectivity index (χ4v) is 2.04. The lowest BCUT2D eigenvalue weighted by molar-refractivity contribution is 0.104. The van der Waals surface area contributed by atoms with Crippen LogP contribution in [-0.2, 0) is 0 Å². The second kappa shape index (κ2) is 6.75. The monoisotopic (exact) mass is 271 g/mol. The van der Waals surface area contributed by atoms with Crippen LogP contribution in [0.3, 0.4) is 0 Å². The van der Waals surface area contributed by atoms with Crippen LogP contribution >= 0.6 is 11.8 Å². The molecule has 0 radical (unpaired) electrons. The minimum absolute atomic E-state index is 0.0360. The molecule has 4 heteroatoms. The Kier molecular flexibility index (Phi) is 4.75. The molecule has 0 bridgehead atoms. The van der Waals surface area contributed by atoms with Gasteiger partial charge in [-0.25, -0.2) is 4.98 Å². The van der Waals surface area contributed by atoms with Crippen LogP contribution in [0.1, 0.15) is 10.4 Å². The van der Waals surface area contributed by atoms with Crippen molar-refractivity contribution >= 4 is 17.5 Å². The molecule has 19 heavy (non-hydrogen) atoms. The number of hydrogen-bond donors (Lipinski definition) is 0. The molecule has 2 aromatic rings. The van der Waals surface area contributed by atoms with Gasteiger partial charge in [0.1, 0.15) is 10.8 Å². The van der Waals surface area contributed by atoms with Gasteiger partial charge in [-0.15, -0.1) is 0 Å². The van der Waals surface area contributed by atoms with Gasteiger partial charge in [-0.3, -0.25) is 4.79 Å². The minimum Gasteiger partial charge on any atom is -0.497 e. The Morgan fingerprint density at radius 1 is 1.21 bits per heavy atom. The van der Waals surface area contributed by atoms with Gasteiger partial charge in [-0.2, -0.15) is 0 Å². The Bertz CT molecular complexity index is 564. The van der Waals surface area contributed by atoms with Crippen LogP contribution in [-0.4, -0.2) is 17.9 Å². The van der Waals surface area contributed by atoms with Crippen LogP contribution in [0.25, 0.3) is 0 Å².